The summed E-state index contributed by atoms with van der Waals surface area (Å²) in [6, 6.07) is 4.05. The van der Waals surface area contributed by atoms with Gasteiger partial charge in [-0.3, -0.25) is 0 Å². The minimum atomic E-state index is -4.73. The summed E-state index contributed by atoms with van der Waals surface area (Å²) < 4.78 is 44.8. The van der Waals surface area contributed by atoms with Crippen molar-refractivity contribution in [2.75, 3.05) is 13.7 Å². The van der Waals surface area contributed by atoms with Crippen molar-refractivity contribution < 1.29 is 27.8 Å². The number of rotatable bonds is 5. The molecule has 6 heteroatoms. The number of halogens is 3. The van der Waals surface area contributed by atoms with Gasteiger partial charge in [0.1, 0.15) is 5.75 Å². The SMILES string of the molecule is COCCc1cc(CO)cc(OC(F)(F)F)c1. The van der Waals surface area contributed by atoms with E-state index in [0.29, 0.717) is 24.2 Å². The normalized spacial score (nSPS) is 11.6. The molecule has 0 saturated carbocycles. The van der Waals surface area contributed by atoms with Crippen molar-refractivity contribution in [1.82, 2.24) is 0 Å². The first-order valence-electron chi connectivity index (χ1n) is 4.93. The lowest BCUT2D eigenvalue weighted by molar-refractivity contribution is -0.274. The molecular weight excluding hydrogens is 237 g/mol. The molecule has 0 bridgehead atoms. The number of ether oxygens (including phenoxy) is 2. The molecule has 0 spiro atoms. The maximum Gasteiger partial charge on any atom is 0.573 e. The molecule has 0 aliphatic rings. The Morgan fingerprint density at radius 1 is 1.18 bits per heavy atom. The van der Waals surface area contributed by atoms with Crippen molar-refractivity contribution >= 4 is 0 Å². The second-order valence-electron chi connectivity index (χ2n) is 3.43. The Balaban J connectivity index is 2.88. The zero-order chi connectivity index (χ0) is 12.9. The average Bonchev–Trinajstić information content (AvgIpc) is 2.23. The first kappa shape index (κ1) is 13.8. The molecular formula is C11H13F3O3. The number of benzene rings is 1. The van der Waals surface area contributed by atoms with Crippen LogP contribution >= 0.6 is 0 Å². The summed E-state index contributed by atoms with van der Waals surface area (Å²) in [7, 11) is 1.50. The highest BCUT2D eigenvalue weighted by molar-refractivity contribution is 5.34. The Morgan fingerprint density at radius 2 is 1.82 bits per heavy atom. The van der Waals surface area contributed by atoms with Crippen molar-refractivity contribution in [3.05, 3.63) is 29.3 Å². The van der Waals surface area contributed by atoms with Crippen LogP contribution in [0.2, 0.25) is 0 Å². The van der Waals surface area contributed by atoms with Gasteiger partial charge in [0.15, 0.2) is 0 Å². The Labute approximate surface area is 96.8 Å². The van der Waals surface area contributed by atoms with E-state index >= 15 is 0 Å². The second-order valence-corrected chi connectivity index (χ2v) is 3.43. The molecule has 0 aliphatic carbocycles. The average molecular weight is 250 g/mol. The maximum absolute atomic E-state index is 12.1. The molecule has 3 nitrogen and oxygen atoms in total. The van der Waals surface area contributed by atoms with E-state index in [-0.39, 0.29) is 12.4 Å². The molecule has 1 aromatic rings. The van der Waals surface area contributed by atoms with Crippen LogP contribution in [0.1, 0.15) is 11.1 Å². The molecule has 96 valence electrons. The van der Waals surface area contributed by atoms with Gasteiger partial charge in [-0.05, 0) is 29.7 Å². The van der Waals surface area contributed by atoms with Crippen LogP contribution in [0.5, 0.6) is 5.75 Å². The second kappa shape index (κ2) is 5.88. The van der Waals surface area contributed by atoms with Gasteiger partial charge in [0.2, 0.25) is 0 Å². The molecule has 0 amide bonds. The minimum absolute atomic E-state index is 0.324. The van der Waals surface area contributed by atoms with E-state index in [1.165, 1.54) is 13.2 Å². The number of hydrogen-bond donors (Lipinski definition) is 1. The fraction of sp³-hybridized carbons (Fsp3) is 0.455. The van der Waals surface area contributed by atoms with Gasteiger partial charge in [-0.15, -0.1) is 13.2 Å². The lowest BCUT2D eigenvalue weighted by Crippen LogP contribution is -2.17. The van der Waals surface area contributed by atoms with Crippen LogP contribution in [0, 0.1) is 0 Å². The molecule has 0 fully saturated rings. The van der Waals surface area contributed by atoms with Gasteiger partial charge in [0, 0.05) is 7.11 Å². The largest absolute Gasteiger partial charge is 0.573 e. The van der Waals surface area contributed by atoms with Gasteiger partial charge < -0.3 is 14.6 Å². The van der Waals surface area contributed by atoms with Crippen LogP contribution in [-0.4, -0.2) is 25.2 Å². The van der Waals surface area contributed by atoms with Crippen LogP contribution in [0.4, 0.5) is 13.2 Å². The molecule has 0 atom stereocenters. The van der Waals surface area contributed by atoms with Gasteiger partial charge in [0.05, 0.1) is 13.2 Å². The van der Waals surface area contributed by atoms with E-state index < -0.39 is 6.36 Å². The number of alkyl halides is 3. The molecule has 0 unspecified atom stereocenters. The third kappa shape index (κ3) is 5.06. The van der Waals surface area contributed by atoms with Crippen molar-refractivity contribution in [2.45, 2.75) is 19.4 Å². The van der Waals surface area contributed by atoms with E-state index in [9.17, 15) is 13.2 Å². The van der Waals surface area contributed by atoms with E-state index in [0.717, 1.165) is 6.07 Å². The van der Waals surface area contributed by atoms with Crippen molar-refractivity contribution in [3.8, 4) is 5.75 Å². The quantitative estimate of drug-likeness (QED) is 0.871. The van der Waals surface area contributed by atoms with Gasteiger partial charge in [-0.1, -0.05) is 6.07 Å². The van der Waals surface area contributed by atoms with Crippen LogP contribution in [-0.2, 0) is 17.8 Å². The zero-order valence-corrected chi connectivity index (χ0v) is 9.25. The van der Waals surface area contributed by atoms with Gasteiger partial charge in [-0.25, -0.2) is 0 Å². The first-order chi connectivity index (χ1) is 7.94. The van der Waals surface area contributed by atoms with Crippen molar-refractivity contribution in [2.24, 2.45) is 0 Å². The van der Waals surface area contributed by atoms with Crippen LogP contribution in [0.15, 0.2) is 18.2 Å². The fourth-order valence-electron chi connectivity index (χ4n) is 1.38. The molecule has 0 radical (unpaired) electrons. The number of methoxy groups -OCH3 is 1. The standard InChI is InChI=1S/C11H13F3O3/c1-16-3-2-8-4-9(7-15)6-10(5-8)17-11(12,13)14/h4-6,15H,2-3,7H2,1H3. The summed E-state index contributed by atoms with van der Waals surface area (Å²) >= 11 is 0. The molecule has 0 aromatic heterocycles. The Morgan fingerprint density at radius 3 is 2.35 bits per heavy atom. The summed E-state index contributed by atoms with van der Waals surface area (Å²) in [4.78, 5) is 0. The summed E-state index contributed by atoms with van der Waals surface area (Å²) in [5.74, 6) is -0.324. The highest BCUT2D eigenvalue weighted by atomic mass is 19.4. The van der Waals surface area contributed by atoms with Crippen LogP contribution in [0.25, 0.3) is 0 Å². The molecule has 0 saturated heterocycles. The predicted molar refractivity (Wildman–Crippen MR) is 54.6 cm³/mol. The fourth-order valence-corrected chi connectivity index (χ4v) is 1.38. The predicted octanol–water partition coefficient (Wildman–Crippen LogP) is 2.27. The lowest BCUT2D eigenvalue weighted by Gasteiger charge is -2.11. The maximum atomic E-state index is 12.1. The summed E-state index contributed by atoms with van der Waals surface area (Å²) in [6.45, 7) is 0.0510. The third-order valence-electron chi connectivity index (χ3n) is 2.04. The van der Waals surface area contributed by atoms with Crippen LogP contribution in [0.3, 0.4) is 0 Å². The Hall–Kier alpha value is -1.27. The Bertz CT molecular complexity index is 363. The Kier molecular flexibility index (Phi) is 4.77. The molecule has 17 heavy (non-hydrogen) atoms. The highest BCUT2D eigenvalue weighted by Gasteiger charge is 2.31. The molecule has 1 aromatic carbocycles. The monoisotopic (exact) mass is 250 g/mol. The smallest absolute Gasteiger partial charge is 0.406 e. The zero-order valence-electron chi connectivity index (χ0n) is 9.25. The first-order valence-corrected chi connectivity index (χ1v) is 4.93. The number of hydrogen-bond acceptors (Lipinski definition) is 3. The summed E-state index contributed by atoms with van der Waals surface area (Å²) in [5, 5.41) is 8.94. The molecule has 0 aliphatic heterocycles. The van der Waals surface area contributed by atoms with Gasteiger partial charge in [-0.2, -0.15) is 0 Å². The number of aliphatic hydroxyl groups excluding tert-OH is 1. The molecule has 0 heterocycles. The van der Waals surface area contributed by atoms with Gasteiger partial charge >= 0.3 is 6.36 Å². The summed E-state index contributed by atoms with van der Waals surface area (Å²) in [6.07, 6.45) is -4.27. The van der Waals surface area contributed by atoms with Crippen LogP contribution < -0.4 is 4.74 Å². The van der Waals surface area contributed by atoms with Gasteiger partial charge in [0.25, 0.3) is 0 Å². The molecule has 1 rings (SSSR count). The third-order valence-corrected chi connectivity index (χ3v) is 2.04. The van der Waals surface area contributed by atoms with E-state index in [4.69, 9.17) is 9.84 Å². The van der Waals surface area contributed by atoms with E-state index in [1.807, 2.05) is 0 Å². The minimum Gasteiger partial charge on any atom is -0.406 e. The van der Waals surface area contributed by atoms with Crippen molar-refractivity contribution in [3.63, 3.8) is 0 Å². The van der Waals surface area contributed by atoms with E-state index in [2.05, 4.69) is 4.74 Å². The van der Waals surface area contributed by atoms with Crippen molar-refractivity contribution in [1.29, 1.82) is 0 Å². The summed E-state index contributed by atoms with van der Waals surface area (Å²) in [5.41, 5.74) is 0.996. The highest BCUT2D eigenvalue weighted by Crippen LogP contribution is 2.25. The van der Waals surface area contributed by atoms with E-state index in [1.54, 1.807) is 6.07 Å². The lowest BCUT2D eigenvalue weighted by atomic mass is 10.1. The molecule has 1 N–H and O–H groups in total. The number of aliphatic hydroxyl groups is 1. The topological polar surface area (TPSA) is 38.7 Å².